The van der Waals surface area contributed by atoms with Crippen LogP contribution in [-0.2, 0) is 14.9 Å². The number of hydrogen-bond acceptors (Lipinski definition) is 6. The van der Waals surface area contributed by atoms with Crippen molar-refractivity contribution in [2.24, 2.45) is 5.10 Å². The van der Waals surface area contributed by atoms with Gasteiger partial charge in [0.1, 0.15) is 0 Å². The first-order chi connectivity index (χ1) is 16.8. The van der Waals surface area contributed by atoms with Crippen LogP contribution < -0.4 is 0 Å². The van der Waals surface area contributed by atoms with Crippen LogP contribution >= 0.6 is 11.6 Å². The smallest absolute Gasteiger partial charge is 0.355 e. The van der Waals surface area contributed by atoms with Crippen LogP contribution in [0.25, 0.3) is 0 Å². The fourth-order valence-electron chi connectivity index (χ4n) is 4.14. The van der Waals surface area contributed by atoms with Gasteiger partial charge in [0.15, 0.2) is 0 Å². The Morgan fingerprint density at radius 2 is 1.74 bits per heavy atom. The minimum atomic E-state index is -4.02. The van der Waals surface area contributed by atoms with E-state index >= 15 is 0 Å². The van der Waals surface area contributed by atoms with E-state index in [9.17, 15) is 13.2 Å². The lowest BCUT2D eigenvalue weighted by molar-refractivity contribution is 0.0365. The Morgan fingerprint density at radius 3 is 2.37 bits per heavy atom. The molecule has 2 aromatic carbocycles. The SMILES string of the molecule is CN(C)S(=O)(=O)N(CCN1CCOCC1)C(=O)N1CC(c2ccccc2)C(c2ccc(Cl)cc2)=N1. The molecule has 0 radical (unpaired) electrons. The highest BCUT2D eigenvalue weighted by Crippen LogP contribution is 2.30. The summed E-state index contributed by atoms with van der Waals surface area (Å²) in [7, 11) is -1.18. The number of morpholine rings is 1. The molecule has 1 atom stereocenters. The standard InChI is InChI=1S/C24H30ClN5O4S/c1-27(2)35(32,33)30(13-12-28-14-16-34-17-15-28)24(31)29-18-22(19-6-4-3-5-7-19)23(26-29)20-8-10-21(25)11-9-20/h3-11,22H,12-18H2,1-2H3. The fourth-order valence-corrected chi connectivity index (χ4v) is 5.27. The van der Waals surface area contributed by atoms with Gasteiger partial charge in [-0.15, -0.1) is 0 Å². The Morgan fingerprint density at radius 1 is 1.09 bits per heavy atom. The predicted molar refractivity (Wildman–Crippen MR) is 136 cm³/mol. The summed E-state index contributed by atoms with van der Waals surface area (Å²) in [5.74, 6) is -0.204. The minimum absolute atomic E-state index is 0.0254. The molecule has 2 amide bonds. The van der Waals surface area contributed by atoms with Crippen LogP contribution in [0.2, 0.25) is 5.02 Å². The molecule has 1 fully saturated rings. The zero-order valence-electron chi connectivity index (χ0n) is 19.9. The van der Waals surface area contributed by atoms with Gasteiger partial charge in [-0.1, -0.05) is 54.1 Å². The molecular weight excluding hydrogens is 490 g/mol. The molecule has 11 heteroatoms. The second-order valence-corrected chi connectivity index (χ2v) is 11.1. The number of benzene rings is 2. The molecule has 2 aliphatic heterocycles. The van der Waals surface area contributed by atoms with Gasteiger partial charge in [0.25, 0.3) is 0 Å². The van der Waals surface area contributed by atoms with Crippen molar-refractivity contribution < 1.29 is 17.9 Å². The first-order valence-corrected chi connectivity index (χ1v) is 13.3. The van der Waals surface area contributed by atoms with Crippen LogP contribution in [0.3, 0.4) is 0 Å². The van der Waals surface area contributed by atoms with E-state index in [4.69, 9.17) is 16.3 Å². The number of carbonyl (C=O) groups excluding carboxylic acids is 1. The monoisotopic (exact) mass is 519 g/mol. The maximum atomic E-state index is 13.7. The number of amides is 2. The average Bonchev–Trinajstić information content (AvgIpc) is 3.31. The van der Waals surface area contributed by atoms with Gasteiger partial charge in [-0.25, -0.2) is 14.1 Å². The van der Waals surface area contributed by atoms with Gasteiger partial charge in [0, 0.05) is 44.7 Å². The summed E-state index contributed by atoms with van der Waals surface area (Å²) < 4.78 is 33.6. The molecule has 0 saturated carbocycles. The molecule has 0 spiro atoms. The zero-order valence-corrected chi connectivity index (χ0v) is 21.5. The molecule has 4 rings (SSSR count). The Hall–Kier alpha value is -2.50. The Balaban J connectivity index is 1.64. The maximum absolute atomic E-state index is 13.7. The fraction of sp³-hybridized carbons (Fsp3) is 0.417. The lowest BCUT2D eigenvalue weighted by Gasteiger charge is -2.32. The summed E-state index contributed by atoms with van der Waals surface area (Å²) in [5, 5.41) is 6.50. The minimum Gasteiger partial charge on any atom is -0.379 e. The van der Waals surface area contributed by atoms with Crippen molar-refractivity contribution in [3.8, 4) is 0 Å². The summed E-state index contributed by atoms with van der Waals surface area (Å²) in [6.45, 7) is 3.26. The molecule has 2 aromatic rings. The van der Waals surface area contributed by atoms with Crippen LogP contribution in [-0.4, -0.2) is 98.7 Å². The number of hydrazone groups is 1. The summed E-state index contributed by atoms with van der Waals surface area (Å²) in [6.07, 6.45) is 0. The number of urea groups is 1. The van der Waals surface area contributed by atoms with Crippen molar-refractivity contribution in [1.29, 1.82) is 0 Å². The van der Waals surface area contributed by atoms with E-state index in [-0.39, 0.29) is 19.0 Å². The Bertz CT molecular complexity index is 1150. The van der Waals surface area contributed by atoms with Crippen molar-refractivity contribution in [3.05, 3.63) is 70.7 Å². The lowest BCUT2D eigenvalue weighted by atomic mass is 9.91. The van der Waals surface area contributed by atoms with Gasteiger partial charge in [-0.2, -0.15) is 17.8 Å². The van der Waals surface area contributed by atoms with Gasteiger partial charge in [-0.3, -0.25) is 4.90 Å². The predicted octanol–water partition coefficient (Wildman–Crippen LogP) is 2.70. The molecule has 35 heavy (non-hydrogen) atoms. The molecule has 1 unspecified atom stereocenters. The second-order valence-electron chi connectivity index (χ2n) is 8.64. The largest absolute Gasteiger partial charge is 0.379 e. The van der Waals surface area contributed by atoms with Gasteiger partial charge < -0.3 is 4.74 Å². The van der Waals surface area contributed by atoms with Crippen molar-refractivity contribution in [2.75, 3.05) is 60.0 Å². The van der Waals surface area contributed by atoms with E-state index in [1.807, 2.05) is 42.5 Å². The lowest BCUT2D eigenvalue weighted by Crippen LogP contribution is -2.51. The van der Waals surface area contributed by atoms with E-state index in [1.165, 1.54) is 19.1 Å². The molecule has 0 aliphatic carbocycles. The molecule has 9 nitrogen and oxygen atoms in total. The normalized spacial score (nSPS) is 19.1. The summed E-state index contributed by atoms with van der Waals surface area (Å²) in [6, 6.07) is 16.4. The Labute approximate surface area is 211 Å². The highest BCUT2D eigenvalue weighted by atomic mass is 35.5. The van der Waals surface area contributed by atoms with Crippen LogP contribution in [0.4, 0.5) is 4.79 Å². The zero-order chi connectivity index (χ0) is 25.0. The molecule has 0 aromatic heterocycles. The van der Waals surface area contributed by atoms with Gasteiger partial charge in [0.05, 0.1) is 32.0 Å². The van der Waals surface area contributed by atoms with E-state index in [1.54, 1.807) is 12.1 Å². The van der Waals surface area contributed by atoms with Crippen molar-refractivity contribution in [3.63, 3.8) is 0 Å². The third kappa shape index (κ3) is 5.84. The van der Waals surface area contributed by atoms with Crippen LogP contribution in [0.15, 0.2) is 59.7 Å². The number of halogens is 1. The van der Waals surface area contributed by atoms with Crippen molar-refractivity contribution in [2.45, 2.75) is 5.92 Å². The average molecular weight is 520 g/mol. The maximum Gasteiger partial charge on any atom is 0.355 e. The third-order valence-electron chi connectivity index (χ3n) is 6.15. The van der Waals surface area contributed by atoms with Gasteiger partial charge in [0.2, 0.25) is 0 Å². The van der Waals surface area contributed by atoms with Crippen molar-refractivity contribution >= 4 is 33.6 Å². The van der Waals surface area contributed by atoms with Crippen molar-refractivity contribution in [1.82, 2.24) is 18.5 Å². The highest BCUT2D eigenvalue weighted by molar-refractivity contribution is 7.87. The molecule has 188 valence electrons. The topological polar surface area (TPSA) is 85.8 Å². The number of hydrogen-bond donors (Lipinski definition) is 0. The molecule has 0 N–H and O–H groups in total. The van der Waals surface area contributed by atoms with Gasteiger partial charge >= 0.3 is 16.2 Å². The number of nitrogens with zero attached hydrogens (tertiary/aromatic N) is 5. The van der Waals surface area contributed by atoms with Gasteiger partial charge in [-0.05, 0) is 23.3 Å². The Kier molecular flexibility index (Phi) is 8.08. The number of ether oxygens (including phenoxy) is 1. The third-order valence-corrected chi connectivity index (χ3v) is 8.22. The summed E-state index contributed by atoms with van der Waals surface area (Å²) in [4.78, 5) is 15.7. The van der Waals surface area contributed by atoms with Crippen LogP contribution in [0, 0.1) is 0 Å². The molecule has 0 bridgehead atoms. The molecule has 1 saturated heterocycles. The van der Waals surface area contributed by atoms with Crippen LogP contribution in [0.5, 0.6) is 0 Å². The first kappa shape index (κ1) is 25.6. The quantitative estimate of drug-likeness (QED) is 0.561. The molecule has 2 heterocycles. The van der Waals surface area contributed by atoms with E-state index in [0.717, 1.165) is 19.7 Å². The van der Waals surface area contributed by atoms with E-state index in [2.05, 4.69) is 10.0 Å². The summed E-state index contributed by atoms with van der Waals surface area (Å²) >= 11 is 6.08. The molecular formula is C24H30ClN5O4S. The van der Waals surface area contributed by atoms with E-state index < -0.39 is 16.2 Å². The van der Waals surface area contributed by atoms with E-state index in [0.29, 0.717) is 43.6 Å². The van der Waals surface area contributed by atoms with Crippen LogP contribution in [0.1, 0.15) is 17.0 Å². The first-order valence-electron chi connectivity index (χ1n) is 11.5. The highest BCUT2D eigenvalue weighted by Gasteiger charge is 2.39. The number of rotatable bonds is 7. The second kappa shape index (κ2) is 11.0. The summed E-state index contributed by atoms with van der Waals surface area (Å²) in [5.41, 5.74) is 2.51. The number of carbonyl (C=O) groups is 1. The molecule has 2 aliphatic rings.